The van der Waals surface area contributed by atoms with Crippen LogP contribution in [0.15, 0.2) is 24.3 Å². The van der Waals surface area contributed by atoms with Gasteiger partial charge in [0.05, 0.1) is 5.56 Å². The first-order valence-electron chi connectivity index (χ1n) is 5.82. The maximum atomic E-state index is 12.4. The fourth-order valence-corrected chi connectivity index (χ4v) is 2.04. The largest absolute Gasteiger partial charge is 0.416 e. The summed E-state index contributed by atoms with van der Waals surface area (Å²) in [5.41, 5.74) is -0.150. The van der Waals surface area contributed by atoms with E-state index < -0.39 is 11.7 Å². The van der Waals surface area contributed by atoms with Gasteiger partial charge in [-0.2, -0.15) is 13.2 Å². The predicted octanol–water partition coefficient (Wildman–Crippen LogP) is 4.91. The summed E-state index contributed by atoms with van der Waals surface area (Å²) in [4.78, 5) is 0. The zero-order valence-corrected chi connectivity index (χ0v) is 11.2. The molecule has 1 atom stereocenters. The minimum atomic E-state index is -4.29. The van der Waals surface area contributed by atoms with Crippen molar-refractivity contribution in [2.24, 2.45) is 0 Å². The third-order valence-corrected chi connectivity index (χ3v) is 3.27. The number of hydrogen-bond acceptors (Lipinski definition) is 1. The van der Waals surface area contributed by atoms with E-state index in [-0.39, 0.29) is 5.54 Å². The SMILES string of the molecule is CCC(C)(CCCl)Nc1ccc(C(F)(F)F)cc1. The van der Waals surface area contributed by atoms with Crippen molar-refractivity contribution in [3.8, 4) is 0 Å². The molecule has 1 aromatic carbocycles. The average Bonchev–Trinajstić information content (AvgIpc) is 2.29. The van der Waals surface area contributed by atoms with Gasteiger partial charge in [0.2, 0.25) is 0 Å². The predicted molar refractivity (Wildman–Crippen MR) is 69.1 cm³/mol. The maximum Gasteiger partial charge on any atom is 0.416 e. The lowest BCUT2D eigenvalue weighted by molar-refractivity contribution is -0.137. The third kappa shape index (κ3) is 4.09. The van der Waals surface area contributed by atoms with Crippen LogP contribution in [0.1, 0.15) is 32.3 Å². The summed E-state index contributed by atoms with van der Waals surface area (Å²) in [6.45, 7) is 4.02. The molecule has 0 heterocycles. The first kappa shape index (κ1) is 15.2. The van der Waals surface area contributed by atoms with E-state index in [1.165, 1.54) is 12.1 Å². The molecule has 0 aromatic heterocycles. The molecule has 1 rings (SSSR count). The highest BCUT2D eigenvalue weighted by Crippen LogP contribution is 2.30. The summed E-state index contributed by atoms with van der Waals surface area (Å²) in [7, 11) is 0. The van der Waals surface area contributed by atoms with Crippen molar-refractivity contribution >= 4 is 17.3 Å². The summed E-state index contributed by atoms with van der Waals surface area (Å²) >= 11 is 5.73. The van der Waals surface area contributed by atoms with E-state index in [0.717, 1.165) is 25.0 Å². The van der Waals surface area contributed by atoms with Gasteiger partial charge >= 0.3 is 6.18 Å². The Morgan fingerprint density at radius 1 is 1.17 bits per heavy atom. The monoisotopic (exact) mass is 279 g/mol. The quantitative estimate of drug-likeness (QED) is 0.755. The topological polar surface area (TPSA) is 12.0 Å². The lowest BCUT2D eigenvalue weighted by atomic mass is 9.95. The summed E-state index contributed by atoms with van der Waals surface area (Å²) in [6, 6.07) is 5.06. The average molecular weight is 280 g/mol. The number of hydrogen-bond donors (Lipinski definition) is 1. The highest BCUT2D eigenvalue weighted by molar-refractivity contribution is 6.17. The number of anilines is 1. The van der Waals surface area contributed by atoms with Gasteiger partial charge in [-0.25, -0.2) is 0 Å². The lowest BCUT2D eigenvalue weighted by Crippen LogP contribution is -2.34. The van der Waals surface area contributed by atoms with Crippen LogP contribution in [0.4, 0.5) is 18.9 Å². The molecule has 0 saturated heterocycles. The van der Waals surface area contributed by atoms with E-state index in [0.29, 0.717) is 11.6 Å². The Morgan fingerprint density at radius 3 is 2.11 bits per heavy atom. The van der Waals surface area contributed by atoms with E-state index in [1.54, 1.807) is 0 Å². The fraction of sp³-hybridized carbons (Fsp3) is 0.538. The summed E-state index contributed by atoms with van der Waals surface area (Å²) in [6.07, 6.45) is -2.68. The van der Waals surface area contributed by atoms with Crippen molar-refractivity contribution in [2.75, 3.05) is 11.2 Å². The van der Waals surface area contributed by atoms with Gasteiger partial charge in [-0.05, 0) is 44.0 Å². The third-order valence-electron chi connectivity index (χ3n) is 3.08. The molecule has 0 aliphatic rings. The van der Waals surface area contributed by atoms with Gasteiger partial charge in [0.25, 0.3) is 0 Å². The highest BCUT2D eigenvalue weighted by Gasteiger charge is 2.30. The van der Waals surface area contributed by atoms with Gasteiger partial charge in [-0.3, -0.25) is 0 Å². The number of alkyl halides is 4. The van der Waals surface area contributed by atoms with Crippen molar-refractivity contribution in [3.05, 3.63) is 29.8 Å². The van der Waals surface area contributed by atoms with Crippen LogP contribution >= 0.6 is 11.6 Å². The van der Waals surface area contributed by atoms with Crippen molar-refractivity contribution in [2.45, 2.75) is 38.4 Å². The number of rotatable bonds is 5. The Bertz CT molecular complexity index is 375. The molecule has 1 aromatic rings. The minimum absolute atomic E-state index is 0.193. The summed E-state index contributed by atoms with van der Waals surface area (Å²) < 4.78 is 37.2. The standard InChI is InChI=1S/C13H17ClF3N/c1-3-12(2,8-9-14)18-11-6-4-10(5-7-11)13(15,16)17/h4-7,18H,3,8-9H2,1-2H3. The molecule has 0 amide bonds. The fourth-order valence-electron chi connectivity index (χ4n) is 1.63. The Balaban J connectivity index is 2.80. The molecular formula is C13H17ClF3N. The highest BCUT2D eigenvalue weighted by atomic mass is 35.5. The molecule has 5 heteroatoms. The molecule has 0 saturated carbocycles. The second kappa shape index (κ2) is 5.83. The summed E-state index contributed by atoms with van der Waals surface area (Å²) in [5.74, 6) is 0.512. The van der Waals surface area contributed by atoms with E-state index in [9.17, 15) is 13.2 Å². The second-order valence-electron chi connectivity index (χ2n) is 4.55. The smallest absolute Gasteiger partial charge is 0.380 e. The van der Waals surface area contributed by atoms with Crippen LogP contribution in [0.2, 0.25) is 0 Å². The van der Waals surface area contributed by atoms with Crippen LogP contribution in [0.5, 0.6) is 0 Å². The van der Waals surface area contributed by atoms with Crippen LogP contribution in [-0.2, 0) is 6.18 Å². The molecule has 0 fully saturated rings. The maximum absolute atomic E-state index is 12.4. The van der Waals surface area contributed by atoms with Crippen LogP contribution < -0.4 is 5.32 Å². The second-order valence-corrected chi connectivity index (χ2v) is 4.93. The molecule has 0 radical (unpaired) electrons. The van der Waals surface area contributed by atoms with Gasteiger partial charge in [0.15, 0.2) is 0 Å². The molecular weight excluding hydrogens is 263 g/mol. The zero-order valence-electron chi connectivity index (χ0n) is 10.4. The number of benzene rings is 1. The van der Waals surface area contributed by atoms with Gasteiger partial charge in [0, 0.05) is 17.1 Å². The Kier molecular flexibility index (Phi) is 4.91. The molecule has 0 aliphatic heterocycles. The molecule has 0 bridgehead atoms. The van der Waals surface area contributed by atoms with Crippen molar-refractivity contribution in [1.29, 1.82) is 0 Å². The molecule has 1 nitrogen and oxygen atoms in total. The van der Waals surface area contributed by atoms with Crippen molar-refractivity contribution in [1.82, 2.24) is 0 Å². The molecule has 0 aliphatic carbocycles. The van der Waals surface area contributed by atoms with E-state index in [4.69, 9.17) is 11.6 Å². The normalized spacial score (nSPS) is 15.2. The molecule has 1 unspecified atom stereocenters. The Morgan fingerprint density at radius 2 is 1.72 bits per heavy atom. The van der Waals surface area contributed by atoms with Crippen molar-refractivity contribution in [3.63, 3.8) is 0 Å². The van der Waals surface area contributed by atoms with Gasteiger partial charge < -0.3 is 5.32 Å². The molecule has 102 valence electrons. The van der Waals surface area contributed by atoms with Crippen molar-refractivity contribution < 1.29 is 13.2 Å². The number of halogens is 4. The van der Waals surface area contributed by atoms with Crippen LogP contribution in [0.25, 0.3) is 0 Å². The van der Waals surface area contributed by atoms with Gasteiger partial charge in [-0.1, -0.05) is 6.92 Å². The van der Waals surface area contributed by atoms with E-state index in [1.807, 2.05) is 13.8 Å². The van der Waals surface area contributed by atoms with E-state index in [2.05, 4.69) is 5.32 Å². The first-order valence-corrected chi connectivity index (χ1v) is 6.35. The lowest BCUT2D eigenvalue weighted by Gasteiger charge is -2.30. The summed E-state index contributed by atoms with van der Waals surface area (Å²) in [5, 5.41) is 3.23. The Hall–Kier alpha value is -0.900. The molecule has 1 N–H and O–H groups in total. The van der Waals surface area contributed by atoms with Crippen LogP contribution in [-0.4, -0.2) is 11.4 Å². The van der Waals surface area contributed by atoms with Gasteiger partial charge in [0.1, 0.15) is 0 Å². The van der Waals surface area contributed by atoms with Crippen LogP contribution in [0.3, 0.4) is 0 Å². The molecule has 18 heavy (non-hydrogen) atoms. The zero-order chi connectivity index (χ0) is 13.8. The van der Waals surface area contributed by atoms with E-state index >= 15 is 0 Å². The minimum Gasteiger partial charge on any atom is -0.380 e. The number of nitrogens with one attached hydrogen (secondary N) is 1. The Labute approximate surface area is 110 Å². The first-order chi connectivity index (χ1) is 8.30. The molecule has 0 spiro atoms. The van der Waals surface area contributed by atoms with Gasteiger partial charge in [-0.15, -0.1) is 11.6 Å². The van der Waals surface area contributed by atoms with Crippen LogP contribution in [0, 0.1) is 0 Å².